The van der Waals surface area contributed by atoms with Crippen LogP contribution in [-0.4, -0.2) is 28.7 Å². The average molecular weight is 383 g/mol. The van der Waals surface area contributed by atoms with Crippen LogP contribution in [-0.2, 0) is 4.79 Å². The molecule has 3 aromatic rings. The molecule has 8 heteroatoms. The number of benzene rings is 2. The molecule has 0 saturated carbocycles. The van der Waals surface area contributed by atoms with Crippen LogP contribution in [0.2, 0.25) is 0 Å². The van der Waals surface area contributed by atoms with E-state index in [1.807, 2.05) is 55.5 Å². The van der Waals surface area contributed by atoms with Gasteiger partial charge in [-0.25, -0.2) is 0 Å². The molecule has 138 valence electrons. The largest absolute Gasteiger partial charge is 0.454 e. The SMILES string of the molecule is CC(NC(=O)CSc1nnc(-c2ccccc2)o1)c1ccc2c(c1)OCO2. The summed E-state index contributed by atoms with van der Waals surface area (Å²) in [7, 11) is 0. The maximum absolute atomic E-state index is 12.2. The van der Waals surface area contributed by atoms with E-state index in [0.29, 0.717) is 16.9 Å². The average Bonchev–Trinajstić information content (AvgIpc) is 3.36. The number of carbonyl (C=O) groups excluding carboxylic acids is 1. The number of thioether (sulfide) groups is 1. The van der Waals surface area contributed by atoms with Crippen molar-refractivity contribution in [1.82, 2.24) is 15.5 Å². The van der Waals surface area contributed by atoms with Gasteiger partial charge in [0.05, 0.1) is 11.8 Å². The molecular weight excluding hydrogens is 366 g/mol. The summed E-state index contributed by atoms with van der Waals surface area (Å²) in [5.74, 6) is 1.92. The second-order valence-corrected chi connectivity index (χ2v) is 6.86. The maximum atomic E-state index is 12.2. The number of nitrogens with zero attached hydrogens (tertiary/aromatic N) is 2. The van der Waals surface area contributed by atoms with Crippen molar-refractivity contribution in [3.05, 3.63) is 54.1 Å². The molecule has 1 N–H and O–H groups in total. The maximum Gasteiger partial charge on any atom is 0.277 e. The van der Waals surface area contributed by atoms with Crippen LogP contribution >= 0.6 is 11.8 Å². The molecule has 2 heterocycles. The second kappa shape index (κ2) is 7.71. The number of rotatable bonds is 6. The molecule has 0 spiro atoms. The summed E-state index contributed by atoms with van der Waals surface area (Å²) in [6.07, 6.45) is 0. The molecule has 1 amide bonds. The van der Waals surface area contributed by atoms with Crippen LogP contribution in [0.3, 0.4) is 0 Å². The molecule has 0 aliphatic carbocycles. The Morgan fingerprint density at radius 1 is 1.15 bits per heavy atom. The Morgan fingerprint density at radius 3 is 2.81 bits per heavy atom. The topological polar surface area (TPSA) is 86.5 Å². The predicted octanol–water partition coefficient (Wildman–Crippen LogP) is 3.43. The van der Waals surface area contributed by atoms with Crippen LogP contribution in [0.5, 0.6) is 11.5 Å². The first-order chi connectivity index (χ1) is 13.2. The van der Waals surface area contributed by atoms with E-state index in [1.165, 1.54) is 11.8 Å². The van der Waals surface area contributed by atoms with Gasteiger partial charge in [-0.05, 0) is 36.8 Å². The molecule has 1 atom stereocenters. The van der Waals surface area contributed by atoms with E-state index < -0.39 is 0 Å². The number of ether oxygens (including phenoxy) is 2. The molecule has 1 unspecified atom stereocenters. The lowest BCUT2D eigenvalue weighted by Gasteiger charge is -2.14. The molecule has 1 aromatic heterocycles. The molecule has 0 bridgehead atoms. The number of fused-ring (bicyclic) bond motifs is 1. The first kappa shape index (κ1) is 17.4. The van der Waals surface area contributed by atoms with Crippen LogP contribution in [0.1, 0.15) is 18.5 Å². The Morgan fingerprint density at radius 2 is 1.96 bits per heavy atom. The summed E-state index contributed by atoms with van der Waals surface area (Å²) >= 11 is 1.20. The van der Waals surface area contributed by atoms with E-state index in [-0.39, 0.29) is 24.5 Å². The number of amides is 1. The van der Waals surface area contributed by atoms with E-state index in [0.717, 1.165) is 16.9 Å². The highest BCUT2D eigenvalue weighted by molar-refractivity contribution is 7.99. The lowest BCUT2D eigenvalue weighted by atomic mass is 10.1. The molecule has 0 radical (unpaired) electrons. The van der Waals surface area contributed by atoms with Gasteiger partial charge >= 0.3 is 0 Å². The minimum absolute atomic E-state index is 0.121. The zero-order valence-corrected chi connectivity index (χ0v) is 15.4. The van der Waals surface area contributed by atoms with Crippen molar-refractivity contribution in [2.45, 2.75) is 18.2 Å². The Kier molecular flexibility index (Phi) is 4.97. The number of carbonyl (C=O) groups is 1. The molecule has 27 heavy (non-hydrogen) atoms. The van der Waals surface area contributed by atoms with Gasteiger partial charge in [0.2, 0.25) is 18.6 Å². The van der Waals surface area contributed by atoms with Crippen molar-refractivity contribution in [2.75, 3.05) is 12.5 Å². The molecule has 4 rings (SSSR count). The Balaban J connectivity index is 1.31. The van der Waals surface area contributed by atoms with E-state index in [1.54, 1.807) is 0 Å². The summed E-state index contributed by atoms with van der Waals surface area (Å²) in [6.45, 7) is 2.14. The van der Waals surface area contributed by atoms with Gasteiger partial charge in [0.15, 0.2) is 11.5 Å². The van der Waals surface area contributed by atoms with Crippen LogP contribution < -0.4 is 14.8 Å². The van der Waals surface area contributed by atoms with E-state index in [4.69, 9.17) is 13.9 Å². The number of aromatic nitrogens is 2. The third kappa shape index (κ3) is 4.06. The highest BCUT2D eigenvalue weighted by Crippen LogP contribution is 2.34. The Labute approximate surface area is 160 Å². The van der Waals surface area contributed by atoms with Crippen molar-refractivity contribution in [2.24, 2.45) is 0 Å². The minimum atomic E-state index is -0.157. The van der Waals surface area contributed by atoms with Gasteiger partial charge in [0.25, 0.3) is 5.22 Å². The van der Waals surface area contributed by atoms with Crippen LogP contribution in [0.25, 0.3) is 11.5 Å². The van der Waals surface area contributed by atoms with E-state index in [9.17, 15) is 4.79 Å². The zero-order valence-electron chi connectivity index (χ0n) is 14.5. The van der Waals surface area contributed by atoms with Gasteiger partial charge in [-0.2, -0.15) is 0 Å². The van der Waals surface area contributed by atoms with Gasteiger partial charge in [-0.1, -0.05) is 36.0 Å². The Hall–Kier alpha value is -3.00. The zero-order chi connectivity index (χ0) is 18.6. The lowest BCUT2D eigenvalue weighted by Crippen LogP contribution is -2.28. The standard InChI is InChI=1S/C19H17N3O4S/c1-12(14-7-8-15-16(9-14)25-11-24-15)20-17(23)10-27-19-22-21-18(26-19)13-5-3-2-4-6-13/h2-9,12H,10-11H2,1H3,(H,20,23). The van der Waals surface area contributed by atoms with Crippen molar-refractivity contribution in [3.8, 4) is 23.0 Å². The van der Waals surface area contributed by atoms with E-state index in [2.05, 4.69) is 15.5 Å². The van der Waals surface area contributed by atoms with Crippen molar-refractivity contribution in [3.63, 3.8) is 0 Å². The molecule has 2 aromatic carbocycles. The fourth-order valence-electron chi connectivity index (χ4n) is 2.64. The smallest absolute Gasteiger partial charge is 0.277 e. The minimum Gasteiger partial charge on any atom is -0.454 e. The lowest BCUT2D eigenvalue weighted by molar-refractivity contribution is -0.119. The van der Waals surface area contributed by atoms with Crippen LogP contribution in [0, 0.1) is 0 Å². The summed E-state index contributed by atoms with van der Waals surface area (Å²) in [4.78, 5) is 12.2. The molecule has 0 saturated heterocycles. The number of nitrogens with one attached hydrogen (secondary N) is 1. The fraction of sp³-hybridized carbons (Fsp3) is 0.211. The third-order valence-corrected chi connectivity index (χ3v) is 4.85. The number of hydrogen-bond acceptors (Lipinski definition) is 7. The van der Waals surface area contributed by atoms with Gasteiger partial charge in [-0.3, -0.25) is 4.79 Å². The van der Waals surface area contributed by atoms with Gasteiger partial charge in [0.1, 0.15) is 0 Å². The van der Waals surface area contributed by atoms with Gasteiger partial charge in [0, 0.05) is 5.56 Å². The molecule has 7 nitrogen and oxygen atoms in total. The Bertz CT molecular complexity index is 945. The fourth-order valence-corrected chi connectivity index (χ4v) is 3.22. The normalized spacial score (nSPS) is 13.4. The number of hydrogen-bond donors (Lipinski definition) is 1. The van der Waals surface area contributed by atoms with Crippen LogP contribution in [0.15, 0.2) is 58.2 Å². The highest BCUT2D eigenvalue weighted by atomic mass is 32.2. The summed E-state index contributed by atoms with van der Waals surface area (Å²) in [5, 5.41) is 11.3. The molecule has 1 aliphatic rings. The monoisotopic (exact) mass is 383 g/mol. The summed E-state index contributed by atoms with van der Waals surface area (Å²) < 4.78 is 16.3. The van der Waals surface area contributed by atoms with E-state index >= 15 is 0 Å². The quantitative estimate of drug-likeness (QED) is 0.653. The molecule has 0 fully saturated rings. The van der Waals surface area contributed by atoms with Crippen molar-refractivity contribution in [1.29, 1.82) is 0 Å². The third-order valence-electron chi connectivity index (χ3n) is 4.03. The van der Waals surface area contributed by atoms with Gasteiger partial charge in [-0.15, -0.1) is 10.2 Å². The first-order valence-electron chi connectivity index (χ1n) is 8.39. The van der Waals surface area contributed by atoms with Crippen LogP contribution in [0.4, 0.5) is 0 Å². The predicted molar refractivity (Wildman–Crippen MR) is 99.6 cm³/mol. The first-order valence-corrected chi connectivity index (χ1v) is 9.38. The summed E-state index contributed by atoms with van der Waals surface area (Å²) in [6, 6.07) is 15.0. The molecule has 1 aliphatic heterocycles. The summed E-state index contributed by atoms with van der Waals surface area (Å²) in [5.41, 5.74) is 1.79. The van der Waals surface area contributed by atoms with Crippen molar-refractivity contribution < 1.29 is 18.7 Å². The second-order valence-electron chi connectivity index (χ2n) is 5.93. The molecular formula is C19H17N3O4S. The van der Waals surface area contributed by atoms with Gasteiger partial charge < -0.3 is 19.2 Å². The highest BCUT2D eigenvalue weighted by Gasteiger charge is 2.17. The van der Waals surface area contributed by atoms with Crippen molar-refractivity contribution >= 4 is 17.7 Å².